The van der Waals surface area contributed by atoms with Gasteiger partial charge in [0, 0.05) is 65.6 Å². The molecule has 4 aliphatic rings. The van der Waals surface area contributed by atoms with Crippen LogP contribution in [0.5, 0.6) is 0 Å². The van der Waals surface area contributed by atoms with Crippen molar-refractivity contribution >= 4 is 39.1 Å². The number of hydrogen-bond acceptors (Lipinski definition) is 15. The van der Waals surface area contributed by atoms with Crippen molar-refractivity contribution in [2.45, 2.75) is 180 Å². The van der Waals surface area contributed by atoms with Gasteiger partial charge in [-0.1, -0.05) is 83.9 Å². The van der Waals surface area contributed by atoms with Crippen LogP contribution in [0.25, 0.3) is 0 Å². The van der Waals surface area contributed by atoms with Crippen molar-refractivity contribution in [3.8, 4) is 0 Å². The molecule has 4 rings (SSSR count). The predicted molar refractivity (Wildman–Crippen MR) is 278 cm³/mol. The third-order valence-electron chi connectivity index (χ3n) is 15.6. The number of ether oxygens (including phenoxy) is 7. The average Bonchev–Trinajstić information content (AvgIpc) is 3.36. The number of methoxy groups -OCH3 is 4. The lowest BCUT2D eigenvalue weighted by atomic mass is 9.79. The van der Waals surface area contributed by atoms with Crippen molar-refractivity contribution in [1.82, 2.24) is 4.90 Å². The van der Waals surface area contributed by atoms with Gasteiger partial charge < -0.3 is 43.2 Å². The van der Waals surface area contributed by atoms with E-state index in [1.54, 1.807) is 34.0 Å². The minimum Gasteiger partial charge on any atom is -0.460 e. The molecule has 3 aliphatic heterocycles. The normalized spacial score (nSPS) is 35.3. The number of nitrogens with zero attached hydrogens (tertiary/aromatic N) is 1. The number of allylic oxidation sites excluding steroid dienone is 6. The zero-order valence-electron chi connectivity index (χ0n) is 45.7. The van der Waals surface area contributed by atoms with Gasteiger partial charge in [-0.3, -0.25) is 19.2 Å². The van der Waals surface area contributed by atoms with E-state index in [1.165, 1.54) is 26.2 Å². The summed E-state index contributed by atoms with van der Waals surface area (Å²) in [7, 11) is 2.62. The third kappa shape index (κ3) is 18.1. The Hall–Kier alpha value is -3.42. The molecule has 0 aromatic carbocycles. The van der Waals surface area contributed by atoms with Gasteiger partial charge in [0.25, 0.3) is 11.7 Å². The van der Waals surface area contributed by atoms with Gasteiger partial charge in [0.2, 0.25) is 5.79 Å². The quantitative estimate of drug-likeness (QED) is 0.109. The topological polar surface area (TPSA) is 208 Å². The molecule has 3 heterocycles. The molecule has 3 fully saturated rings. The number of rotatable bonds is 13. The zero-order valence-corrected chi connectivity index (χ0v) is 46.5. The molecule has 0 aromatic rings. The molecule has 2 saturated heterocycles. The number of carbonyl (C=O) groups excluding carboxylic acids is 5. The lowest BCUT2D eigenvalue weighted by Crippen LogP contribution is -2.61. The van der Waals surface area contributed by atoms with E-state index < -0.39 is 87.6 Å². The molecule has 1 amide bonds. The van der Waals surface area contributed by atoms with E-state index in [2.05, 4.69) is 0 Å². The summed E-state index contributed by atoms with van der Waals surface area (Å²) in [6, 6.07) is -1.15. The van der Waals surface area contributed by atoms with Crippen molar-refractivity contribution in [3.63, 3.8) is 0 Å². The monoisotopic (exact) mass is 1050 g/mol. The van der Waals surface area contributed by atoms with Gasteiger partial charge in [0.1, 0.15) is 30.1 Å². The lowest BCUT2D eigenvalue weighted by molar-refractivity contribution is -0.266. The number of hydrogen-bond donors (Lipinski definition) is 1. The molecule has 14 atom stereocenters. The van der Waals surface area contributed by atoms with E-state index in [1.807, 2.05) is 58.1 Å². The van der Waals surface area contributed by atoms with Crippen molar-refractivity contribution in [2.24, 2.45) is 35.5 Å². The average molecular weight is 1050 g/mol. The Balaban J connectivity index is 1.74. The van der Waals surface area contributed by atoms with E-state index in [9.17, 15) is 37.5 Å². The fourth-order valence-electron chi connectivity index (χ4n) is 11.0. The second-order valence-electron chi connectivity index (χ2n) is 21.5. The molecular formula is C56H89NO15S. The minimum atomic E-state index is -3.49. The molecule has 1 saturated carbocycles. The highest BCUT2D eigenvalue weighted by atomic mass is 32.2. The summed E-state index contributed by atoms with van der Waals surface area (Å²) in [4.78, 5) is 72.9. The maximum absolute atomic E-state index is 14.5. The predicted octanol–water partition coefficient (Wildman–Crippen LogP) is 7.30. The number of piperidine rings is 1. The van der Waals surface area contributed by atoms with E-state index >= 15 is 0 Å². The van der Waals surface area contributed by atoms with Crippen LogP contribution in [-0.4, -0.2) is 156 Å². The van der Waals surface area contributed by atoms with E-state index in [4.69, 9.17) is 33.2 Å². The summed E-state index contributed by atoms with van der Waals surface area (Å²) in [6.07, 6.45) is 14.2. The highest BCUT2D eigenvalue weighted by Crippen LogP contribution is 2.38. The minimum absolute atomic E-state index is 0.00229. The van der Waals surface area contributed by atoms with Gasteiger partial charge in [-0.15, -0.1) is 0 Å². The van der Waals surface area contributed by atoms with E-state index in [0.29, 0.717) is 44.1 Å². The maximum atomic E-state index is 14.5. The number of ketones is 3. The fourth-order valence-corrected chi connectivity index (χ4v) is 11.9. The number of amides is 1. The molecule has 0 spiro atoms. The number of esters is 1. The first-order chi connectivity index (χ1) is 34.6. The summed E-state index contributed by atoms with van der Waals surface area (Å²) in [6.45, 7) is 12.9. The molecule has 73 heavy (non-hydrogen) atoms. The summed E-state index contributed by atoms with van der Waals surface area (Å²) < 4.78 is 66.7. The molecule has 0 radical (unpaired) electrons. The smallest absolute Gasteiger partial charge is 0.329 e. The molecule has 0 aromatic heterocycles. The van der Waals surface area contributed by atoms with Gasteiger partial charge in [-0.05, 0) is 101 Å². The third-order valence-corrected chi connectivity index (χ3v) is 17.2. The Labute approximate surface area is 436 Å². The highest BCUT2D eigenvalue weighted by molar-refractivity contribution is 7.91. The second kappa shape index (κ2) is 29.8. The van der Waals surface area contributed by atoms with Crippen LogP contribution in [0.15, 0.2) is 47.6 Å². The first kappa shape index (κ1) is 62.1. The number of Topliss-reactive ketones (excluding diaryl/α,β-unsaturated/α-hetero) is 3. The molecule has 16 nitrogen and oxygen atoms in total. The maximum Gasteiger partial charge on any atom is 0.329 e. The van der Waals surface area contributed by atoms with Crippen LogP contribution in [0.1, 0.15) is 132 Å². The molecule has 17 heteroatoms. The number of fused-ring (bicyclic) bond motifs is 3. The van der Waals surface area contributed by atoms with Crippen LogP contribution < -0.4 is 0 Å². The summed E-state index contributed by atoms with van der Waals surface area (Å²) in [5.41, 5.74) is 1.36. The van der Waals surface area contributed by atoms with Gasteiger partial charge in [-0.2, -0.15) is 0 Å². The second-order valence-corrected chi connectivity index (χ2v) is 23.8. The Bertz CT molecular complexity index is 2070. The highest BCUT2D eigenvalue weighted by Gasteiger charge is 2.53. The largest absolute Gasteiger partial charge is 0.460 e. The van der Waals surface area contributed by atoms with Crippen molar-refractivity contribution in [1.29, 1.82) is 0 Å². The molecule has 1 aliphatic carbocycles. The number of carbonyl (C=O) groups is 5. The van der Waals surface area contributed by atoms with E-state index in [0.717, 1.165) is 31.3 Å². The van der Waals surface area contributed by atoms with Crippen LogP contribution in [0, 0.1) is 35.5 Å². The first-order valence-corrected chi connectivity index (χ1v) is 28.5. The Morgan fingerprint density at radius 2 is 1.52 bits per heavy atom. The van der Waals surface area contributed by atoms with E-state index in [-0.39, 0.29) is 86.0 Å². The molecule has 1 unspecified atom stereocenters. The van der Waals surface area contributed by atoms with Crippen LogP contribution >= 0.6 is 0 Å². The van der Waals surface area contributed by atoms with Crippen molar-refractivity contribution in [3.05, 3.63) is 47.6 Å². The number of sulfone groups is 1. The van der Waals surface area contributed by atoms with Gasteiger partial charge in [-0.25, -0.2) is 13.2 Å². The Kier molecular flexibility index (Phi) is 25.3. The fraction of sp³-hybridized carbons (Fsp3) is 0.768. The SMILES string of the molecule is COCCS(=O)(=O)CCOC1C[C@@H]2CC[C@@H](C)[C@@](O)(O2)C(=O)C(=O)N2CCCC[C@H]2C(=O)O[C@H]([C@H](C)C[C@@H]2CCC[C@H](OC)C2)CC(=O)[C@H](C)/C=C(\C)[C@@H](OC)[C@@H](OC)C(=O)[C@H](C)C[C@H](C)/C=C/C=CC=C1C. The summed E-state index contributed by atoms with van der Waals surface area (Å²) in [5, 5.41) is 12.2. The standard InChI is InChI=1S/C56H89NO15S/c1-36-18-13-12-14-19-37(2)48(70-27-29-73(64,65)28-26-66-8)34-45-24-23-42(7)56(63,72-45)53(60)54(61)57-25-16-15-22-46(57)55(62)71-49(39(4)32-43-20-17-21-44(33-43)67-9)35-47(58)38(3)31-41(6)51(68-10)52(69-11)50(59)40(5)30-36/h12-14,18-19,31,36,38-40,42-46,48-49,51-52,63H,15-17,20-30,32-35H2,1-11H3/b14-12?,18-13+,37-19?,41-31+/t36-,38-,39-,40-,42-,43+,44+,45+,46+,48?,49+,51-,52+,56-/m1/s1. The molecule has 2 bridgehead atoms. The zero-order chi connectivity index (χ0) is 54.0. The van der Waals surface area contributed by atoms with Crippen LogP contribution in [0.3, 0.4) is 0 Å². The molecular weight excluding hydrogens is 959 g/mol. The molecule has 414 valence electrons. The van der Waals surface area contributed by atoms with Crippen LogP contribution in [-0.2, 0) is 67.0 Å². The Morgan fingerprint density at radius 1 is 0.808 bits per heavy atom. The molecule has 1 N–H and O–H groups in total. The summed E-state index contributed by atoms with van der Waals surface area (Å²) in [5.74, 6) is -8.09. The number of aliphatic hydroxyl groups is 1. The number of cyclic esters (lactones) is 1. The lowest BCUT2D eigenvalue weighted by Gasteiger charge is -2.43. The first-order valence-electron chi connectivity index (χ1n) is 26.7. The van der Waals surface area contributed by atoms with Crippen LogP contribution in [0.4, 0.5) is 0 Å². The van der Waals surface area contributed by atoms with Gasteiger partial charge in [0.05, 0.1) is 43.0 Å². The summed E-state index contributed by atoms with van der Waals surface area (Å²) >= 11 is 0. The van der Waals surface area contributed by atoms with Crippen LogP contribution in [0.2, 0.25) is 0 Å². The Morgan fingerprint density at radius 3 is 2.21 bits per heavy atom. The van der Waals surface area contributed by atoms with Gasteiger partial charge in [0.15, 0.2) is 15.6 Å². The van der Waals surface area contributed by atoms with Crippen molar-refractivity contribution < 1.29 is 70.7 Å². The van der Waals surface area contributed by atoms with Crippen molar-refractivity contribution in [2.75, 3.05) is 59.7 Å². The van der Waals surface area contributed by atoms with Gasteiger partial charge >= 0.3 is 5.97 Å².